The summed E-state index contributed by atoms with van der Waals surface area (Å²) < 4.78 is 14.6. The minimum absolute atomic E-state index is 0.176. The fourth-order valence-electron chi connectivity index (χ4n) is 1.16. The molecule has 6 heteroatoms. The van der Waals surface area contributed by atoms with E-state index in [0.717, 1.165) is 6.42 Å². The lowest BCUT2D eigenvalue weighted by Crippen LogP contribution is -2.40. The van der Waals surface area contributed by atoms with Crippen LogP contribution in [-0.4, -0.2) is 36.7 Å². The van der Waals surface area contributed by atoms with E-state index >= 15 is 0 Å². The third-order valence-electron chi connectivity index (χ3n) is 2.46. The summed E-state index contributed by atoms with van der Waals surface area (Å²) in [6, 6.07) is 0. The van der Waals surface area contributed by atoms with Gasteiger partial charge in [-0.3, -0.25) is 0 Å². The lowest BCUT2D eigenvalue weighted by Gasteiger charge is -2.23. The Morgan fingerprint density at radius 3 is 2.19 bits per heavy atom. The highest BCUT2D eigenvalue weighted by Crippen LogP contribution is 2.13. The Hall–Kier alpha value is -1.85. The van der Waals surface area contributed by atoms with Gasteiger partial charge in [-0.15, -0.1) is 0 Å². The van der Waals surface area contributed by atoms with Gasteiger partial charge in [0.1, 0.15) is 0 Å². The molecule has 0 fully saturated rings. The van der Waals surface area contributed by atoms with E-state index in [1.54, 1.807) is 0 Å². The van der Waals surface area contributed by atoms with Gasteiger partial charge in [0.15, 0.2) is 6.61 Å². The molecule has 0 bridgehead atoms. The van der Waals surface area contributed by atoms with Crippen LogP contribution in [0.2, 0.25) is 0 Å². The molecule has 0 N–H and O–H groups in total. The van der Waals surface area contributed by atoms with E-state index in [1.165, 1.54) is 20.8 Å². The molecule has 0 spiro atoms. The number of rotatable bonds is 8. The minimum Gasteiger partial charge on any atom is -0.463 e. The third-order valence-corrected chi connectivity index (χ3v) is 2.46. The molecule has 0 heterocycles. The maximum atomic E-state index is 11.8. The van der Waals surface area contributed by atoms with Gasteiger partial charge in [0, 0.05) is 5.57 Å². The molecule has 0 aromatic carbocycles. The highest BCUT2D eigenvalue weighted by atomic mass is 16.6. The first-order valence-corrected chi connectivity index (χ1v) is 6.78. The number of carbonyl (C=O) groups excluding carboxylic acids is 3. The lowest BCUT2D eigenvalue weighted by molar-refractivity contribution is -0.182. The first-order chi connectivity index (χ1) is 9.56. The highest BCUT2D eigenvalue weighted by molar-refractivity contribution is 5.89. The van der Waals surface area contributed by atoms with Crippen LogP contribution >= 0.6 is 0 Å². The molecule has 0 unspecified atom stereocenters. The Labute approximate surface area is 125 Å². The summed E-state index contributed by atoms with van der Waals surface area (Å²) in [5.74, 6) is -1.74. The van der Waals surface area contributed by atoms with Crippen LogP contribution in [0.4, 0.5) is 0 Å². The van der Waals surface area contributed by atoms with Gasteiger partial charge < -0.3 is 14.2 Å². The van der Waals surface area contributed by atoms with Crippen LogP contribution in [0.5, 0.6) is 0 Å². The van der Waals surface area contributed by atoms with Gasteiger partial charge in [0.2, 0.25) is 5.60 Å². The topological polar surface area (TPSA) is 78.9 Å². The molecule has 0 saturated carbocycles. The van der Waals surface area contributed by atoms with Crippen LogP contribution < -0.4 is 0 Å². The summed E-state index contributed by atoms with van der Waals surface area (Å²) in [5, 5.41) is 0. The fourth-order valence-corrected chi connectivity index (χ4v) is 1.16. The number of hydrogen-bond donors (Lipinski definition) is 0. The van der Waals surface area contributed by atoms with Crippen molar-refractivity contribution >= 4 is 17.9 Å². The van der Waals surface area contributed by atoms with Crippen molar-refractivity contribution in [1.82, 2.24) is 0 Å². The van der Waals surface area contributed by atoms with Crippen molar-refractivity contribution < 1.29 is 28.6 Å². The summed E-state index contributed by atoms with van der Waals surface area (Å²) >= 11 is 0. The second-order valence-corrected chi connectivity index (χ2v) is 5.66. The van der Waals surface area contributed by atoms with E-state index in [9.17, 15) is 14.4 Å². The van der Waals surface area contributed by atoms with Crippen molar-refractivity contribution in [2.24, 2.45) is 5.92 Å². The maximum Gasteiger partial charge on any atom is 0.350 e. The van der Waals surface area contributed by atoms with E-state index in [2.05, 4.69) is 11.3 Å². The Morgan fingerprint density at radius 1 is 1.14 bits per heavy atom. The van der Waals surface area contributed by atoms with Crippen LogP contribution in [0.1, 0.15) is 41.0 Å². The van der Waals surface area contributed by atoms with Crippen LogP contribution in [0.15, 0.2) is 12.2 Å². The summed E-state index contributed by atoms with van der Waals surface area (Å²) in [7, 11) is 0. The zero-order valence-corrected chi connectivity index (χ0v) is 13.4. The normalized spacial score (nSPS) is 11.0. The average Bonchev–Trinajstić information content (AvgIpc) is 2.34. The Kier molecular flexibility index (Phi) is 7.70. The van der Waals surface area contributed by atoms with Gasteiger partial charge in [-0.1, -0.05) is 20.4 Å². The van der Waals surface area contributed by atoms with Crippen LogP contribution in [0, 0.1) is 5.92 Å². The third kappa shape index (κ3) is 8.12. The summed E-state index contributed by atoms with van der Waals surface area (Å²) in [5.41, 5.74) is -1.25. The Morgan fingerprint density at radius 2 is 1.71 bits per heavy atom. The first kappa shape index (κ1) is 19.1. The van der Waals surface area contributed by atoms with Crippen LogP contribution in [-0.2, 0) is 28.6 Å². The SMILES string of the molecule is C=C(C)C(=O)OCC(=O)OC(C)(C)C(=O)OCCC(C)C. The van der Waals surface area contributed by atoms with Gasteiger partial charge in [-0.05, 0) is 33.1 Å². The highest BCUT2D eigenvalue weighted by Gasteiger charge is 2.34. The molecule has 0 aromatic heterocycles. The Balaban J connectivity index is 4.25. The molecule has 0 saturated heterocycles. The molecule has 0 atom stereocenters. The van der Waals surface area contributed by atoms with E-state index in [1.807, 2.05) is 13.8 Å². The number of ether oxygens (including phenoxy) is 3. The molecule has 0 radical (unpaired) electrons. The van der Waals surface area contributed by atoms with E-state index in [0.29, 0.717) is 5.92 Å². The standard InChI is InChI=1S/C15H24O6/c1-10(2)7-8-19-14(18)15(5,6)21-12(16)9-20-13(17)11(3)4/h10H,3,7-9H2,1-2,4-6H3. The van der Waals surface area contributed by atoms with Gasteiger partial charge in [0.05, 0.1) is 6.61 Å². The molecule has 0 aromatic rings. The van der Waals surface area contributed by atoms with Gasteiger partial charge in [0.25, 0.3) is 0 Å². The van der Waals surface area contributed by atoms with Crippen LogP contribution in [0.3, 0.4) is 0 Å². The predicted octanol–water partition coefficient (Wildman–Crippen LogP) is 2.02. The van der Waals surface area contributed by atoms with Gasteiger partial charge in [-0.2, -0.15) is 0 Å². The van der Waals surface area contributed by atoms with Gasteiger partial charge >= 0.3 is 17.9 Å². The molecule has 21 heavy (non-hydrogen) atoms. The summed E-state index contributed by atoms with van der Waals surface area (Å²) in [6.45, 7) is 11.4. The molecular weight excluding hydrogens is 276 g/mol. The molecule has 0 rings (SSSR count). The zero-order chi connectivity index (χ0) is 16.6. The lowest BCUT2D eigenvalue weighted by atomic mass is 10.1. The predicted molar refractivity (Wildman–Crippen MR) is 76.4 cm³/mol. The van der Waals surface area contributed by atoms with E-state index in [4.69, 9.17) is 9.47 Å². The number of esters is 3. The second kappa shape index (κ2) is 8.44. The van der Waals surface area contributed by atoms with Crippen molar-refractivity contribution in [1.29, 1.82) is 0 Å². The monoisotopic (exact) mass is 300 g/mol. The smallest absolute Gasteiger partial charge is 0.350 e. The molecule has 0 aliphatic rings. The average molecular weight is 300 g/mol. The summed E-state index contributed by atoms with van der Waals surface area (Å²) in [6.07, 6.45) is 0.728. The van der Waals surface area contributed by atoms with Crippen molar-refractivity contribution in [2.45, 2.75) is 46.6 Å². The van der Waals surface area contributed by atoms with E-state index in [-0.39, 0.29) is 12.2 Å². The van der Waals surface area contributed by atoms with Crippen molar-refractivity contribution in [3.8, 4) is 0 Å². The quantitative estimate of drug-likeness (QED) is 0.387. The first-order valence-electron chi connectivity index (χ1n) is 6.78. The molecule has 6 nitrogen and oxygen atoms in total. The maximum absolute atomic E-state index is 11.8. The fraction of sp³-hybridized carbons (Fsp3) is 0.667. The van der Waals surface area contributed by atoms with Crippen LogP contribution in [0.25, 0.3) is 0 Å². The number of carbonyl (C=O) groups is 3. The van der Waals surface area contributed by atoms with E-state index < -0.39 is 30.1 Å². The molecule has 0 aliphatic carbocycles. The van der Waals surface area contributed by atoms with Crippen molar-refractivity contribution in [3.05, 3.63) is 12.2 Å². The zero-order valence-electron chi connectivity index (χ0n) is 13.4. The number of hydrogen-bond acceptors (Lipinski definition) is 6. The minimum atomic E-state index is -1.43. The largest absolute Gasteiger partial charge is 0.463 e. The van der Waals surface area contributed by atoms with Crippen molar-refractivity contribution in [2.75, 3.05) is 13.2 Å². The summed E-state index contributed by atoms with van der Waals surface area (Å²) in [4.78, 5) is 34.5. The second-order valence-electron chi connectivity index (χ2n) is 5.66. The Bertz CT molecular complexity index is 408. The molecule has 0 amide bonds. The van der Waals surface area contributed by atoms with Gasteiger partial charge in [-0.25, -0.2) is 14.4 Å². The molecule has 0 aliphatic heterocycles. The molecule has 120 valence electrons. The molecular formula is C15H24O6. The van der Waals surface area contributed by atoms with Crippen molar-refractivity contribution in [3.63, 3.8) is 0 Å².